The Morgan fingerprint density at radius 2 is 1.66 bits per heavy atom. The van der Waals surface area contributed by atoms with Gasteiger partial charge in [-0.15, -0.1) is 0 Å². The van der Waals surface area contributed by atoms with E-state index in [9.17, 15) is 24.3 Å². The average molecular weight is 787 g/mol. The molecule has 0 saturated carbocycles. The predicted octanol–water partition coefficient (Wildman–Crippen LogP) is 7.21. The number of likely N-dealkylation sites (tertiary alicyclic amines) is 1. The Bertz CT molecular complexity index is 2230. The molecule has 0 aliphatic carbocycles. The second-order valence-electron chi connectivity index (χ2n) is 15.0. The van der Waals surface area contributed by atoms with Gasteiger partial charge in [-0.3, -0.25) is 19.7 Å². The number of carbonyl (C=O) groups excluding carboxylic acids is 3. The number of phenolic OH excluding ortho intramolecular Hbond substituents is 1. The predicted molar refractivity (Wildman–Crippen MR) is 229 cm³/mol. The number of amides is 3. The van der Waals surface area contributed by atoms with E-state index in [2.05, 4.69) is 31.9 Å². The number of nitrogens with one attached hydrogen (secondary N) is 4. The van der Waals surface area contributed by atoms with Crippen molar-refractivity contribution in [1.29, 1.82) is 0 Å². The van der Waals surface area contributed by atoms with Gasteiger partial charge in [0.25, 0.3) is 0 Å². The van der Waals surface area contributed by atoms with Crippen LogP contribution in [0.4, 0.5) is 16.2 Å². The minimum absolute atomic E-state index is 0.0488. The molecule has 1 aromatic heterocycles. The van der Waals surface area contributed by atoms with Gasteiger partial charge in [0.1, 0.15) is 11.9 Å². The third kappa shape index (κ3) is 11.8. The molecule has 0 spiro atoms. The third-order valence-electron chi connectivity index (χ3n) is 10.7. The highest BCUT2D eigenvalue weighted by atomic mass is 16.6. The van der Waals surface area contributed by atoms with E-state index in [1.54, 1.807) is 17.0 Å². The van der Waals surface area contributed by atoms with Crippen molar-refractivity contribution < 1.29 is 24.2 Å². The fraction of sp³-hybridized carbons (Fsp3) is 0.348. The number of aromatic nitrogens is 1. The second kappa shape index (κ2) is 20.4. The van der Waals surface area contributed by atoms with Gasteiger partial charge in [0, 0.05) is 75.3 Å². The largest absolute Gasteiger partial charge is 0.506 e. The quantitative estimate of drug-likeness (QED) is 0.0620. The molecule has 6 rings (SSSR count). The molecular weight excluding hydrogens is 733 g/mol. The van der Waals surface area contributed by atoms with Crippen molar-refractivity contribution in [3.05, 3.63) is 124 Å². The fourth-order valence-corrected chi connectivity index (χ4v) is 7.37. The number of unbranched alkanes of at least 4 members (excludes halogenated alkanes) is 1. The first-order valence-corrected chi connectivity index (χ1v) is 20.2. The van der Waals surface area contributed by atoms with Crippen LogP contribution in [0.25, 0.3) is 22.0 Å². The zero-order chi connectivity index (χ0) is 40.9. The molecule has 2 heterocycles. The Morgan fingerprint density at radius 1 is 0.879 bits per heavy atom. The van der Waals surface area contributed by atoms with E-state index >= 15 is 0 Å². The number of rotatable bonds is 17. The van der Waals surface area contributed by atoms with Crippen molar-refractivity contribution in [2.45, 2.75) is 64.5 Å². The van der Waals surface area contributed by atoms with Crippen LogP contribution >= 0.6 is 0 Å². The van der Waals surface area contributed by atoms with Crippen LogP contribution < -0.4 is 21.5 Å². The van der Waals surface area contributed by atoms with Crippen molar-refractivity contribution in [3.8, 4) is 16.9 Å². The Hall–Kier alpha value is -5.98. The first-order valence-electron chi connectivity index (χ1n) is 20.2. The molecule has 1 aliphatic rings. The molecular formula is C46H54N6O6. The van der Waals surface area contributed by atoms with Gasteiger partial charge in [0.15, 0.2) is 0 Å². The molecule has 0 unspecified atom stereocenters. The van der Waals surface area contributed by atoms with Crippen LogP contribution in [-0.4, -0.2) is 83.7 Å². The molecule has 4 aromatic carbocycles. The minimum Gasteiger partial charge on any atom is -0.506 e. The first kappa shape index (κ1) is 41.6. The molecule has 304 valence electrons. The first-order chi connectivity index (χ1) is 28.1. The van der Waals surface area contributed by atoms with Crippen molar-refractivity contribution in [1.82, 2.24) is 20.1 Å². The highest BCUT2D eigenvalue weighted by molar-refractivity contribution is 5.92. The molecule has 1 fully saturated rings. The number of phenols is 1. The van der Waals surface area contributed by atoms with E-state index in [1.165, 1.54) is 6.07 Å². The number of carbonyl (C=O) groups is 3. The second-order valence-corrected chi connectivity index (χ2v) is 15.0. The van der Waals surface area contributed by atoms with Gasteiger partial charge in [-0.2, -0.15) is 0 Å². The van der Waals surface area contributed by atoms with Crippen LogP contribution in [0.5, 0.6) is 5.75 Å². The molecule has 12 heteroatoms. The Morgan fingerprint density at radius 3 is 2.45 bits per heavy atom. The number of H-pyrrole nitrogens is 1. The number of aromatic amines is 1. The van der Waals surface area contributed by atoms with Crippen molar-refractivity contribution in [2.75, 3.05) is 50.4 Å². The smallest absolute Gasteiger partial charge is 0.411 e. The van der Waals surface area contributed by atoms with E-state index in [1.807, 2.05) is 86.8 Å². The Labute approximate surface area is 339 Å². The number of piperidine rings is 1. The minimum atomic E-state index is -0.457. The van der Waals surface area contributed by atoms with Gasteiger partial charge in [-0.05, 0) is 92.1 Å². The van der Waals surface area contributed by atoms with E-state index in [4.69, 9.17) is 4.74 Å². The lowest BCUT2D eigenvalue weighted by Crippen LogP contribution is -2.40. The van der Waals surface area contributed by atoms with E-state index < -0.39 is 6.09 Å². The topological polar surface area (TPSA) is 156 Å². The number of benzene rings is 4. The molecule has 5 N–H and O–H groups in total. The molecule has 1 saturated heterocycles. The summed E-state index contributed by atoms with van der Waals surface area (Å²) in [6.07, 6.45) is 3.74. The summed E-state index contributed by atoms with van der Waals surface area (Å²) in [7, 11) is 1.81. The average Bonchev–Trinajstić information content (AvgIpc) is 3.23. The van der Waals surface area contributed by atoms with Crippen LogP contribution in [0.2, 0.25) is 0 Å². The zero-order valence-corrected chi connectivity index (χ0v) is 33.4. The van der Waals surface area contributed by atoms with Crippen LogP contribution in [0.3, 0.4) is 0 Å². The summed E-state index contributed by atoms with van der Waals surface area (Å²) in [5.74, 6) is 0.0878. The number of nitrogens with zero attached hydrogens (tertiary/aromatic N) is 2. The summed E-state index contributed by atoms with van der Waals surface area (Å²) in [6, 6.07) is 30.3. The van der Waals surface area contributed by atoms with Gasteiger partial charge >= 0.3 is 6.09 Å². The molecule has 0 atom stereocenters. The number of hydrogen-bond donors (Lipinski definition) is 5. The summed E-state index contributed by atoms with van der Waals surface area (Å²) in [6.45, 7) is 6.12. The number of aromatic hydroxyl groups is 1. The Kier molecular flexibility index (Phi) is 14.7. The summed E-state index contributed by atoms with van der Waals surface area (Å²) in [4.78, 5) is 56.8. The summed E-state index contributed by atoms with van der Waals surface area (Å²) < 4.78 is 5.76. The van der Waals surface area contributed by atoms with Crippen molar-refractivity contribution >= 4 is 40.2 Å². The molecule has 0 bridgehead atoms. The molecule has 5 aromatic rings. The number of hydrogen-bond acceptors (Lipinski definition) is 8. The molecule has 0 radical (unpaired) electrons. The zero-order valence-electron chi connectivity index (χ0n) is 33.4. The maximum Gasteiger partial charge on any atom is 0.411 e. The van der Waals surface area contributed by atoms with Crippen LogP contribution in [0.1, 0.15) is 55.2 Å². The number of aryl methyl sites for hydroxylation is 1. The molecule has 1 aliphatic heterocycles. The number of fused-ring (bicyclic) bond motifs is 1. The number of ether oxygens (including phenoxy) is 1. The van der Waals surface area contributed by atoms with Gasteiger partial charge in [-0.1, -0.05) is 66.7 Å². The summed E-state index contributed by atoms with van der Waals surface area (Å²) in [5.41, 5.74) is 6.77. The fourth-order valence-electron chi connectivity index (χ4n) is 7.37. The van der Waals surface area contributed by atoms with Gasteiger partial charge in [-0.25, -0.2) is 4.79 Å². The lowest BCUT2D eigenvalue weighted by atomic mass is 10.0. The lowest BCUT2D eigenvalue weighted by molar-refractivity contribution is -0.130. The third-order valence-corrected chi connectivity index (χ3v) is 10.7. The number of pyridine rings is 1. The number of anilines is 2. The highest BCUT2D eigenvalue weighted by Crippen LogP contribution is 2.28. The summed E-state index contributed by atoms with van der Waals surface area (Å²) in [5, 5.41) is 20.3. The van der Waals surface area contributed by atoms with Crippen LogP contribution in [0.15, 0.2) is 102 Å². The van der Waals surface area contributed by atoms with Gasteiger partial charge in [0.2, 0.25) is 17.4 Å². The normalized spacial score (nSPS) is 13.3. The number of para-hydroxylation sites is 1. The maximum atomic E-state index is 12.9. The monoisotopic (exact) mass is 786 g/mol. The van der Waals surface area contributed by atoms with Gasteiger partial charge < -0.3 is 35.3 Å². The lowest BCUT2D eigenvalue weighted by Gasteiger charge is -2.31. The standard InChI is InChI=1S/C46H54N6O6/c1-32-30-33(31-47-25-21-35-16-19-41(53)45-38(35)17-20-43(55)50-45)15-18-39(32)48-42(54)14-8-9-26-51(2)44(56)24-29-52-27-22-36(23-28-52)58-46(57)49-40-13-7-6-12-37(40)34-10-4-3-5-11-34/h3-7,10-13,15-20,30,36,47,53H,8-9,14,21-29,31H2,1-2H3,(H,48,54)(H,49,57)(H,50,55). The molecule has 58 heavy (non-hydrogen) atoms. The van der Waals surface area contributed by atoms with E-state index in [-0.39, 0.29) is 29.2 Å². The van der Waals surface area contributed by atoms with Crippen LogP contribution in [-0.2, 0) is 27.3 Å². The SMILES string of the molecule is Cc1cc(CNCCc2ccc(O)c3[nH]c(=O)ccc23)ccc1NC(=O)CCCCN(C)C(=O)CCN1CCC(OC(=O)Nc2ccccc2-c2ccccc2)CC1. The van der Waals surface area contributed by atoms with Gasteiger partial charge in [0.05, 0.1) is 11.2 Å². The summed E-state index contributed by atoms with van der Waals surface area (Å²) >= 11 is 0. The van der Waals surface area contributed by atoms with E-state index in [0.717, 1.165) is 64.8 Å². The molecule has 12 nitrogen and oxygen atoms in total. The van der Waals surface area contributed by atoms with Crippen molar-refractivity contribution in [3.63, 3.8) is 0 Å². The Balaban J connectivity index is 0.821. The van der Waals surface area contributed by atoms with Crippen molar-refractivity contribution in [2.24, 2.45) is 0 Å². The molecule has 3 amide bonds. The highest BCUT2D eigenvalue weighted by Gasteiger charge is 2.23. The maximum absolute atomic E-state index is 12.9. The van der Waals surface area contributed by atoms with E-state index in [0.29, 0.717) is 69.5 Å². The van der Waals surface area contributed by atoms with Crippen LogP contribution in [0, 0.1) is 6.92 Å².